The molecular formula is C29H35N5O5S. The molecule has 1 aromatic heterocycles. The lowest BCUT2D eigenvalue weighted by Gasteiger charge is -2.34. The normalized spacial score (nSPS) is 18.2. The van der Waals surface area contributed by atoms with Gasteiger partial charge in [-0.2, -0.15) is 0 Å². The SMILES string of the molecule is Cc1cn(C2CCC(=O)NC2=O)c2ccc(N3CCC(CCNC(=O)Nc4cccc(C[SH](=O)=O)c4)CC3)cc12. The van der Waals surface area contributed by atoms with E-state index in [0.717, 1.165) is 54.5 Å². The Morgan fingerprint density at radius 3 is 2.62 bits per heavy atom. The highest BCUT2D eigenvalue weighted by Crippen LogP contribution is 2.33. The van der Waals surface area contributed by atoms with Crippen molar-refractivity contribution in [2.75, 3.05) is 29.9 Å². The van der Waals surface area contributed by atoms with Gasteiger partial charge in [0.15, 0.2) is 0 Å². The summed E-state index contributed by atoms with van der Waals surface area (Å²) in [5, 5.41) is 9.26. The molecule has 40 heavy (non-hydrogen) atoms. The second-order valence-electron chi connectivity index (χ2n) is 10.7. The number of nitrogens with zero attached hydrogens (tertiary/aromatic N) is 2. The van der Waals surface area contributed by atoms with Crippen LogP contribution in [0.4, 0.5) is 16.2 Å². The summed E-state index contributed by atoms with van der Waals surface area (Å²) in [6.45, 7) is 4.49. The van der Waals surface area contributed by atoms with Crippen LogP contribution in [0.25, 0.3) is 10.9 Å². The highest BCUT2D eigenvalue weighted by Gasteiger charge is 2.29. The van der Waals surface area contributed by atoms with Gasteiger partial charge in [-0.15, -0.1) is 0 Å². The third kappa shape index (κ3) is 6.47. The molecule has 2 saturated heterocycles. The largest absolute Gasteiger partial charge is 0.371 e. The number of aromatic nitrogens is 1. The van der Waals surface area contributed by atoms with Crippen LogP contribution in [-0.2, 0) is 26.0 Å². The number of thiol groups is 1. The number of hydrogen-bond donors (Lipinski definition) is 4. The van der Waals surface area contributed by atoms with Crippen LogP contribution < -0.4 is 20.9 Å². The van der Waals surface area contributed by atoms with Gasteiger partial charge in [0.1, 0.15) is 16.7 Å². The summed E-state index contributed by atoms with van der Waals surface area (Å²) in [6, 6.07) is 12.6. The third-order valence-electron chi connectivity index (χ3n) is 7.88. The Hall–Kier alpha value is -3.86. The molecule has 0 aliphatic carbocycles. The van der Waals surface area contributed by atoms with Crippen LogP contribution in [0, 0.1) is 12.8 Å². The Morgan fingerprint density at radius 1 is 1.07 bits per heavy atom. The van der Waals surface area contributed by atoms with Crippen LogP contribution >= 0.6 is 0 Å². The van der Waals surface area contributed by atoms with Gasteiger partial charge >= 0.3 is 6.03 Å². The molecule has 2 aromatic carbocycles. The first-order chi connectivity index (χ1) is 19.3. The number of carbonyl (C=O) groups excluding carboxylic acids is 3. The van der Waals surface area contributed by atoms with Crippen molar-refractivity contribution in [3.05, 3.63) is 59.8 Å². The zero-order valence-corrected chi connectivity index (χ0v) is 23.4. The molecule has 1 unspecified atom stereocenters. The molecule has 11 heteroatoms. The fourth-order valence-electron chi connectivity index (χ4n) is 5.76. The van der Waals surface area contributed by atoms with E-state index in [9.17, 15) is 22.8 Å². The number of imide groups is 1. The standard InChI is InChI=1S/C29H35N5O5S/c1-19-17-34(26-7-8-27(35)32-28(26)36)25-6-5-23(16-24(19)25)33-13-10-20(11-14-33)9-12-30-29(37)31-22-4-2-3-21(15-22)18-40(38)39/h2-6,15-17,20,26,40H,7-14,18H2,1H3,(H2,30,31,37)(H,32,35,36). The van der Waals surface area contributed by atoms with Gasteiger partial charge in [0.2, 0.25) is 11.8 Å². The fourth-order valence-corrected chi connectivity index (χ4v) is 6.25. The van der Waals surface area contributed by atoms with Crippen LogP contribution in [0.1, 0.15) is 49.3 Å². The summed E-state index contributed by atoms with van der Waals surface area (Å²) in [6.07, 6.45) is 5.84. The van der Waals surface area contributed by atoms with Crippen molar-refractivity contribution in [1.29, 1.82) is 0 Å². The molecule has 10 nitrogen and oxygen atoms in total. The van der Waals surface area contributed by atoms with E-state index in [4.69, 9.17) is 0 Å². The molecule has 3 heterocycles. The lowest BCUT2D eigenvalue weighted by molar-refractivity contribution is -0.135. The van der Waals surface area contributed by atoms with E-state index in [1.54, 1.807) is 24.3 Å². The van der Waals surface area contributed by atoms with Crippen molar-refractivity contribution in [1.82, 2.24) is 15.2 Å². The molecule has 2 fully saturated rings. The number of carbonyl (C=O) groups is 3. The maximum atomic E-state index is 12.4. The van der Waals surface area contributed by atoms with Crippen LogP contribution in [0.5, 0.6) is 0 Å². The van der Waals surface area contributed by atoms with Crippen molar-refractivity contribution >= 4 is 50.8 Å². The summed E-state index contributed by atoms with van der Waals surface area (Å²) < 4.78 is 23.9. The number of hydrogen-bond acceptors (Lipinski definition) is 6. The molecule has 212 valence electrons. The minimum absolute atomic E-state index is 0.0479. The number of nitrogens with one attached hydrogen (secondary N) is 3. The van der Waals surface area contributed by atoms with E-state index in [1.807, 2.05) is 10.8 Å². The van der Waals surface area contributed by atoms with Gasteiger partial charge in [-0.3, -0.25) is 14.9 Å². The Bertz CT molecular complexity index is 1500. The maximum absolute atomic E-state index is 12.4. The van der Waals surface area contributed by atoms with Crippen molar-refractivity contribution < 1.29 is 22.8 Å². The van der Waals surface area contributed by atoms with Gasteiger partial charge in [0, 0.05) is 54.5 Å². The number of fused-ring (bicyclic) bond motifs is 1. The fraction of sp³-hybridized carbons (Fsp3) is 0.414. The Morgan fingerprint density at radius 2 is 1.88 bits per heavy atom. The summed E-state index contributed by atoms with van der Waals surface area (Å²) in [5.41, 5.74) is 4.48. The maximum Gasteiger partial charge on any atom is 0.319 e. The number of rotatable bonds is 8. The van der Waals surface area contributed by atoms with E-state index in [1.165, 1.54) is 0 Å². The molecule has 0 radical (unpaired) electrons. The average Bonchev–Trinajstić information content (AvgIpc) is 3.24. The summed E-state index contributed by atoms with van der Waals surface area (Å²) in [5.74, 6) is 0.0229. The van der Waals surface area contributed by atoms with Crippen molar-refractivity contribution in [2.24, 2.45) is 5.92 Å². The Labute approximate surface area is 235 Å². The van der Waals surface area contributed by atoms with E-state index >= 15 is 0 Å². The van der Waals surface area contributed by atoms with E-state index < -0.39 is 10.7 Å². The molecule has 3 N–H and O–H groups in total. The van der Waals surface area contributed by atoms with E-state index in [2.05, 4.69) is 46.0 Å². The molecule has 4 amide bonds. The molecule has 0 spiro atoms. The summed E-state index contributed by atoms with van der Waals surface area (Å²) in [7, 11) is -2.51. The van der Waals surface area contributed by atoms with Crippen LogP contribution in [0.15, 0.2) is 48.7 Å². The highest BCUT2D eigenvalue weighted by molar-refractivity contribution is 7.71. The van der Waals surface area contributed by atoms with Gasteiger partial charge in [0.05, 0.1) is 5.75 Å². The van der Waals surface area contributed by atoms with Crippen LogP contribution in [0.2, 0.25) is 0 Å². The molecule has 2 aliphatic heterocycles. The summed E-state index contributed by atoms with van der Waals surface area (Å²) >= 11 is 0. The van der Waals surface area contributed by atoms with Crippen molar-refractivity contribution in [3.8, 4) is 0 Å². The van der Waals surface area contributed by atoms with Crippen molar-refractivity contribution in [3.63, 3.8) is 0 Å². The first-order valence-corrected chi connectivity index (χ1v) is 15.1. The molecule has 1 atom stereocenters. The molecule has 0 saturated carbocycles. The predicted molar refractivity (Wildman–Crippen MR) is 155 cm³/mol. The van der Waals surface area contributed by atoms with Gasteiger partial charge in [0.25, 0.3) is 0 Å². The third-order valence-corrected chi connectivity index (χ3v) is 8.50. The number of benzene rings is 2. The molecule has 5 rings (SSSR count). The lowest BCUT2D eigenvalue weighted by Crippen LogP contribution is -2.41. The number of urea groups is 1. The Kier molecular flexibility index (Phi) is 8.39. The Balaban J connectivity index is 1.11. The lowest BCUT2D eigenvalue weighted by atomic mass is 9.93. The van der Waals surface area contributed by atoms with Crippen LogP contribution in [-0.4, -0.2) is 50.5 Å². The first-order valence-electron chi connectivity index (χ1n) is 13.7. The van der Waals surface area contributed by atoms with E-state index in [0.29, 0.717) is 36.6 Å². The molecule has 0 bridgehead atoms. The van der Waals surface area contributed by atoms with Gasteiger partial charge in [-0.05, 0) is 80.0 Å². The minimum atomic E-state index is -2.51. The van der Waals surface area contributed by atoms with Gasteiger partial charge in [-0.1, -0.05) is 12.1 Å². The van der Waals surface area contributed by atoms with Gasteiger partial charge < -0.3 is 20.1 Å². The number of aryl methyl sites for hydroxylation is 1. The zero-order valence-electron chi connectivity index (χ0n) is 22.5. The smallest absolute Gasteiger partial charge is 0.319 e. The van der Waals surface area contributed by atoms with Gasteiger partial charge in [-0.25, -0.2) is 13.2 Å². The quantitative estimate of drug-likeness (QED) is 0.245. The predicted octanol–water partition coefficient (Wildman–Crippen LogP) is 3.47. The number of piperidine rings is 2. The van der Waals surface area contributed by atoms with E-state index in [-0.39, 0.29) is 29.6 Å². The average molecular weight is 566 g/mol. The monoisotopic (exact) mass is 565 g/mol. The second kappa shape index (κ2) is 12.1. The second-order valence-corrected chi connectivity index (χ2v) is 11.7. The zero-order chi connectivity index (χ0) is 28.2. The summed E-state index contributed by atoms with van der Waals surface area (Å²) in [4.78, 5) is 38.7. The first kappa shape index (κ1) is 27.7. The highest BCUT2D eigenvalue weighted by atomic mass is 32.2. The number of anilines is 2. The topological polar surface area (TPSA) is 130 Å². The molecule has 2 aliphatic rings. The van der Waals surface area contributed by atoms with Crippen LogP contribution in [0.3, 0.4) is 0 Å². The molecule has 3 aromatic rings. The number of amides is 4. The van der Waals surface area contributed by atoms with Crippen molar-refractivity contribution in [2.45, 2.75) is 50.8 Å². The minimum Gasteiger partial charge on any atom is -0.371 e. The molecular weight excluding hydrogens is 530 g/mol.